The van der Waals surface area contributed by atoms with E-state index in [4.69, 9.17) is 4.42 Å². The molecule has 10 rings (SSSR count). The van der Waals surface area contributed by atoms with Crippen molar-refractivity contribution in [2.45, 2.75) is 20.8 Å². The van der Waals surface area contributed by atoms with Crippen LogP contribution in [0.25, 0.3) is 88.1 Å². The molecule has 0 atom stereocenters. The molecule has 0 saturated carbocycles. The molecule has 10 aromatic rings. The van der Waals surface area contributed by atoms with Crippen LogP contribution in [-0.4, -0.2) is 9.13 Å². The number of allylic oxidation sites excluding steroid dienone is 5. The number of hydrogen-bond acceptors (Lipinski definition) is 1. The van der Waals surface area contributed by atoms with Crippen molar-refractivity contribution < 1.29 is 23.0 Å². The van der Waals surface area contributed by atoms with E-state index in [9.17, 15) is 0 Å². The van der Waals surface area contributed by atoms with Gasteiger partial charge in [-0.2, -0.15) is 0 Å². The molecule has 3 heterocycles. The fourth-order valence-corrected chi connectivity index (χ4v) is 7.77. The number of rotatable bonds is 6. The van der Waals surface area contributed by atoms with Crippen molar-refractivity contribution in [1.82, 2.24) is 9.13 Å². The van der Waals surface area contributed by atoms with Gasteiger partial charge in [0.05, 0.1) is 27.8 Å². The van der Waals surface area contributed by atoms with Crippen molar-refractivity contribution in [3.05, 3.63) is 207 Å². The molecule has 3 nitrogen and oxygen atoms in total. The number of nitrogens with zero attached hydrogens (tertiary/aromatic N) is 2. The van der Waals surface area contributed by atoms with Crippen molar-refractivity contribution in [1.29, 1.82) is 0 Å². The average Bonchev–Trinajstić information content (AvgIpc) is 3.92. The third kappa shape index (κ3) is 6.87. The number of para-hydroxylation sites is 4. The summed E-state index contributed by atoms with van der Waals surface area (Å²) in [5.41, 5.74) is 12.9. The van der Waals surface area contributed by atoms with Gasteiger partial charge in [-0.15, -0.1) is 0 Å². The van der Waals surface area contributed by atoms with E-state index in [1.54, 1.807) is 6.08 Å². The van der Waals surface area contributed by atoms with Gasteiger partial charge in [0.25, 0.3) is 0 Å². The van der Waals surface area contributed by atoms with E-state index in [2.05, 4.69) is 187 Å². The second-order valence-corrected chi connectivity index (χ2v) is 13.5. The third-order valence-electron chi connectivity index (χ3n) is 10.3. The number of aromatic nitrogens is 2. The van der Waals surface area contributed by atoms with Gasteiger partial charge in [0, 0.05) is 56.6 Å². The van der Waals surface area contributed by atoms with Gasteiger partial charge in [-0.1, -0.05) is 155 Å². The van der Waals surface area contributed by atoms with Gasteiger partial charge in [-0.25, -0.2) is 0 Å². The second kappa shape index (κ2) is 16.7. The summed E-state index contributed by atoms with van der Waals surface area (Å²) in [6.45, 7) is 17.0. The van der Waals surface area contributed by atoms with Crippen LogP contribution in [-0.2, 0) is 18.6 Å². The zero-order valence-electron chi connectivity index (χ0n) is 32.6. The van der Waals surface area contributed by atoms with E-state index in [1.807, 2.05) is 32.9 Å². The summed E-state index contributed by atoms with van der Waals surface area (Å²) in [7, 11) is 0. The minimum absolute atomic E-state index is 0. The molecule has 0 unspecified atom stereocenters. The predicted molar refractivity (Wildman–Crippen MR) is 242 cm³/mol. The maximum atomic E-state index is 6.69. The van der Waals surface area contributed by atoms with Crippen LogP contribution in [0.4, 0.5) is 0 Å². The largest absolute Gasteiger partial charge is 0.454 e. The van der Waals surface area contributed by atoms with Gasteiger partial charge in [-0.3, -0.25) is 0 Å². The van der Waals surface area contributed by atoms with Gasteiger partial charge in [0.15, 0.2) is 5.58 Å². The normalized spacial score (nSPS) is 11.1. The summed E-state index contributed by atoms with van der Waals surface area (Å²) in [5.74, 6) is 0. The van der Waals surface area contributed by atoms with Crippen LogP contribution in [0.15, 0.2) is 211 Å². The Bertz CT molecular complexity index is 3060. The Hall–Kier alpha value is -6.52. The molecule has 277 valence electrons. The smallest absolute Gasteiger partial charge is 0.159 e. The van der Waals surface area contributed by atoms with E-state index < -0.39 is 0 Å². The van der Waals surface area contributed by atoms with Crippen LogP contribution < -0.4 is 0 Å². The molecule has 3 aromatic heterocycles. The molecule has 4 heteroatoms. The van der Waals surface area contributed by atoms with E-state index >= 15 is 0 Å². The molecule has 0 N–H and O–H groups in total. The molecule has 0 aliphatic carbocycles. The van der Waals surface area contributed by atoms with Crippen molar-refractivity contribution in [2.24, 2.45) is 0 Å². The zero-order valence-corrected chi connectivity index (χ0v) is 34.0. The van der Waals surface area contributed by atoms with Crippen LogP contribution in [0.1, 0.15) is 20.8 Å². The molecule has 1 radical (unpaired) electrons. The molecular formula is C53H44N2OV. The molecule has 0 saturated heterocycles. The Kier molecular flexibility index (Phi) is 11.3. The second-order valence-electron chi connectivity index (χ2n) is 13.5. The Labute approximate surface area is 346 Å². The molecule has 0 spiro atoms. The first-order valence-electron chi connectivity index (χ1n) is 19.2. The molecule has 57 heavy (non-hydrogen) atoms. The number of furan rings is 1. The van der Waals surface area contributed by atoms with Gasteiger partial charge in [0.1, 0.15) is 5.58 Å². The van der Waals surface area contributed by atoms with Crippen molar-refractivity contribution in [3.8, 4) is 22.5 Å². The third-order valence-corrected chi connectivity index (χ3v) is 10.3. The quantitative estimate of drug-likeness (QED) is 0.154. The molecule has 0 aliphatic rings. The Morgan fingerprint density at radius 2 is 1.07 bits per heavy atom. The standard InChI is InChI=1S/C42H26N2O.C9H12.C2H6.V/c1-2-11-27(12-3-1)28-21-23-39-34(25-28)32-15-6-7-17-36(32)43(39)29-22-24-41-35(26-29)33-16-10-20-40(42(33)45-41)44-37-18-8-4-13-30(37)31-14-5-9-19-38(31)44;1-5-7-9(4)8(3)6-2;1-2;/h1-26H;5-7H,2-4H2,1H3;1-2H3;/b;7-5-;;. The Balaban J connectivity index is 0.000000369. The van der Waals surface area contributed by atoms with Gasteiger partial charge in [-0.05, 0) is 83.8 Å². The molecular weight excluding hydrogens is 732 g/mol. The monoisotopic (exact) mass is 775 g/mol. The summed E-state index contributed by atoms with van der Waals surface area (Å²) < 4.78 is 11.4. The summed E-state index contributed by atoms with van der Waals surface area (Å²) in [4.78, 5) is 0. The van der Waals surface area contributed by atoms with Crippen LogP contribution in [0.3, 0.4) is 0 Å². The molecule has 0 bridgehead atoms. The average molecular weight is 776 g/mol. The molecule has 0 fully saturated rings. The van der Waals surface area contributed by atoms with Crippen LogP contribution >= 0.6 is 0 Å². The predicted octanol–water partition coefficient (Wildman–Crippen LogP) is 15.3. The topological polar surface area (TPSA) is 23.0 Å². The summed E-state index contributed by atoms with van der Waals surface area (Å²) in [6.07, 6.45) is 5.53. The van der Waals surface area contributed by atoms with Gasteiger partial charge < -0.3 is 13.6 Å². The van der Waals surface area contributed by atoms with Crippen LogP contribution in [0.5, 0.6) is 0 Å². The van der Waals surface area contributed by atoms with E-state index in [1.165, 1.54) is 54.7 Å². The molecule has 0 aliphatic heterocycles. The van der Waals surface area contributed by atoms with Crippen molar-refractivity contribution >= 4 is 65.6 Å². The zero-order chi connectivity index (χ0) is 38.8. The van der Waals surface area contributed by atoms with Crippen molar-refractivity contribution in [2.75, 3.05) is 0 Å². The van der Waals surface area contributed by atoms with E-state index in [0.29, 0.717) is 0 Å². The first-order chi connectivity index (χ1) is 27.6. The number of benzene rings is 7. The fraction of sp³-hybridized carbons (Fsp3) is 0.0566. The fourth-order valence-electron chi connectivity index (χ4n) is 7.77. The van der Waals surface area contributed by atoms with E-state index in [-0.39, 0.29) is 18.6 Å². The molecule has 0 amide bonds. The van der Waals surface area contributed by atoms with Gasteiger partial charge in [0.2, 0.25) is 0 Å². The maximum Gasteiger partial charge on any atom is 0.159 e. The SMILES string of the molecule is C=CC(=C)C(=C)/C=C\C.CC.[V].c1ccc(-c2ccc3c(c2)c2ccccc2n3-c2ccc3oc4c(-n5c6ccccc6c6ccccc65)cccc4c3c2)cc1. The maximum absolute atomic E-state index is 6.69. The number of fused-ring (bicyclic) bond motifs is 9. The number of hydrogen-bond donors (Lipinski definition) is 0. The first kappa shape index (κ1) is 38.7. The Morgan fingerprint density at radius 3 is 1.70 bits per heavy atom. The van der Waals surface area contributed by atoms with E-state index in [0.717, 1.165) is 44.5 Å². The minimum atomic E-state index is 0. The van der Waals surface area contributed by atoms with Crippen molar-refractivity contribution in [3.63, 3.8) is 0 Å². The van der Waals surface area contributed by atoms with Crippen LogP contribution in [0.2, 0.25) is 0 Å². The first-order valence-corrected chi connectivity index (χ1v) is 19.2. The van der Waals surface area contributed by atoms with Crippen LogP contribution in [0, 0.1) is 0 Å². The minimum Gasteiger partial charge on any atom is -0.454 e. The summed E-state index contributed by atoms with van der Waals surface area (Å²) in [5, 5.41) is 7.19. The summed E-state index contributed by atoms with van der Waals surface area (Å²) >= 11 is 0. The molecule has 7 aromatic carbocycles. The Morgan fingerprint density at radius 1 is 0.509 bits per heavy atom. The summed E-state index contributed by atoms with van der Waals surface area (Å²) in [6, 6.07) is 56.4. The van der Waals surface area contributed by atoms with Gasteiger partial charge >= 0.3 is 0 Å².